The molecule has 0 heterocycles. The van der Waals surface area contributed by atoms with E-state index < -0.39 is 0 Å². The standard InChI is InChI=1S/C12H10ClIO/c1-2-3-4-5-12(15)9-6-7-11(14)10(13)8-9/h6-8H,4-5H2,1H3. The van der Waals surface area contributed by atoms with Gasteiger partial charge in [-0.1, -0.05) is 17.7 Å². The molecule has 0 amide bonds. The van der Waals surface area contributed by atoms with Crippen LogP contribution in [0.2, 0.25) is 5.02 Å². The number of hydrogen-bond acceptors (Lipinski definition) is 1. The molecule has 0 saturated carbocycles. The number of ketones is 1. The first-order valence-electron chi connectivity index (χ1n) is 4.53. The Hall–Kier alpha value is -0.530. The van der Waals surface area contributed by atoms with Gasteiger partial charge in [0.25, 0.3) is 0 Å². The van der Waals surface area contributed by atoms with Crippen LogP contribution in [0.3, 0.4) is 0 Å². The normalized spacial score (nSPS) is 9.27. The molecule has 0 unspecified atom stereocenters. The molecular formula is C12H10ClIO. The number of Topliss-reactive ketones (excluding diaryl/α,β-unsaturated/α-hetero) is 1. The van der Waals surface area contributed by atoms with E-state index in [1.165, 1.54) is 0 Å². The first-order chi connectivity index (χ1) is 7.15. The summed E-state index contributed by atoms with van der Waals surface area (Å²) in [6, 6.07) is 5.36. The smallest absolute Gasteiger partial charge is 0.163 e. The van der Waals surface area contributed by atoms with Crippen molar-refractivity contribution >= 4 is 40.0 Å². The summed E-state index contributed by atoms with van der Waals surface area (Å²) in [5.74, 6) is 5.73. The first-order valence-corrected chi connectivity index (χ1v) is 5.98. The van der Waals surface area contributed by atoms with Gasteiger partial charge in [-0.2, -0.15) is 0 Å². The van der Waals surface area contributed by atoms with Gasteiger partial charge in [-0.25, -0.2) is 0 Å². The first kappa shape index (κ1) is 12.5. The molecule has 1 nitrogen and oxygen atoms in total. The van der Waals surface area contributed by atoms with Crippen LogP contribution in [0.1, 0.15) is 30.1 Å². The maximum Gasteiger partial charge on any atom is 0.163 e. The number of rotatable bonds is 3. The van der Waals surface area contributed by atoms with Gasteiger partial charge in [0.05, 0.1) is 5.02 Å². The summed E-state index contributed by atoms with van der Waals surface area (Å²) in [5.41, 5.74) is 0.665. The van der Waals surface area contributed by atoms with Crippen LogP contribution in [-0.2, 0) is 0 Å². The van der Waals surface area contributed by atoms with E-state index in [-0.39, 0.29) is 5.78 Å². The second-order valence-corrected chi connectivity index (χ2v) is 4.55. The number of carbonyl (C=O) groups excluding carboxylic acids is 1. The maximum atomic E-state index is 11.7. The largest absolute Gasteiger partial charge is 0.294 e. The zero-order valence-corrected chi connectivity index (χ0v) is 11.2. The Kier molecular flexibility index (Phi) is 5.13. The van der Waals surface area contributed by atoms with Gasteiger partial charge in [0.2, 0.25) is 0 Å². The van der Waals surface area contributed by atoms with Gasteiger partial charge < -0.3 is 0 Å². The Bertz CT molecular complexity index is 429. The number of halogens is 2. The molecule has 0 N–H and O–H groups in total. The summed E-state index contributed by atoms with van der Waals surface area (Å²) < 4.78 is 0.958. The van der Waals surface area contributed by atoms with Crippen LogP contribution in [0.5, 0.6) is 0 Å². The van der Waals surface area contributed by atoms with Gasteiger partial charge in [0, 0.05) is 22.0 Å². The van der Waals surface area contributed by atoms with Gasteiger partial charge in [-0.3, -0.25) is 4.79 Å². The minimum absolute atomic E-state index is 0.0936. The van der Waals surface area contributed by atoms with E-state index in [1.807, 2.05) is 6.07 Å². The Morgan fingerprint density at radius 1 is 1.53 bits per heavy atom. The minimum atomic E-state index is 0.0936. The number of benzene rings is 1. The van der Waals surface area contributed by atoms with E-state index in [0.29, 0.717) is 23.4 Å². The maximum absolute atomic E-state index is 11.7. The summed E-state index contributed by atoms with van der Waals surface area (Å²) in [7, 11) is 0. The molecule has 3 heteroatoms. The predicted molar refractivity (Wildman–Crippen MR) is 71.2 cm³/mol. The molecule has 0 fully saturated rings. The van der Waals surface area contributed by atoms with Crippen LogP contribution in [0.25, 0.3) is 0 Å². The van der Waals surface area contributed by atoms with Gasteiger partial charge in [-0.15, -0.1) is 11.8 Å². The second-order valence-electron chi connectivity index (χ2n) is 2.98. The molecule has 0 aromatic heterocycles. The molecule has 0 aliphatic heterocycles. The summed E-state index contributed by atoms with van der Waals surface area (Å²) >= 11 is 8.07. The Morgan fingerprint density at radius 2 is 2.27 bits per heavy atom. The van der Waals surface area contributed by atoms with Crippen molar-refractivity contribution in [2.75, 3.05) is 0 Å². The van der Waals surface area contributed by atoms with Crippen molar-refractivity contribution < 1.29 is 4.79 Å². The SMILES string of the molecule is CC#CCCC(=O)c1ccc(I)c(Cl)c1. The quantitative estimate of drug-likeness (QED) is 0.466. The van der Waals surface area contributed by atoms with E-state index in [2.05, 4.69) is 34.4 Å². The third-order valence-corrected chi connectivity index (χ3v) is 3.47. The number of hydrogen-bond donors (Lipinski definition) is 0. The van der Waals surface area contributed by atoms with Crippen molar-refractivity contribution in [3.05, 3.63) is 32.4 Å². The van der Waals surface area contributed by atoms with Crippen LogP contribution in [-0.4, -0.2) is 5.78 Å². The van der Waals surface area contributed by atoms with Gasteiger partial charge in [0.15, 0.2) is 5.78 Å². The Balaban J connectivity index is 2.72. The molecule has 78 valence electrons. The van der Waals surface area contributed by atoms with Crippen LogP contribution in [0.4, 0.5) is 0 Å². The fourth-order valence-corrected chi connectivity index (χ4v) is 1.63. The van der Waals surface area contributed by atoms with Gasteiger partial charge >= 0.3 is 0 Å². The van der Waals surface area contributed by atoms with E-state index in [9.17, 15) is 4.79 Å². The zero-order chi connectivity index (χ0) is 11.3. The molecule has 1 aromatic carbocycles. The molecule has 0 saturated heterocycles. The highest BCUT2D eigenvalue weighted by Crippen LogP contribution is 2.20. The monoisotopic (exact) mass is 332 g/mol. The van der Waals surface area contributed by atoms with Crippen molar-refractivity contribution in [1.82, 2.24) is 0 Å². The average molecular weight is 333 g/mol. The molecule has 1 rings (SSSR count). The fourth-order valence-electron chi connectivity index (χ4n) is 1.11. The van der Waals surface area contributed by atoms with Crippen LogP contribution < -0.4 is 0 Å². The summed E-state index contributed by atoms with van der Waals surface area (Å²) in [5, 5.41) is 0.628. The van der Waals surface area contributed by atoms with Crippen LogP contribution >= 0.6 is 34.2 Å². The van der Waals surface area contributed by atoms with Gasteiger partial charge in [-0.05, 0) is 41.6 Å². The fraction of sp³-hybridized carbons (Fsp3) is 0.250. The highest BCUT2D eigenvalue weighted by Gasteiger charge is 2.06. The van der Waals surface area contributed by atoms with Crippen LogP contribution in [0, 0.1) is 15.4 Å². The van der Waals surface area contributed by atoms with Crippen molar-refractivity contribution in [3.8, 4) is 11.8 Å². The molecule has 1 aromatic rings. The van der Waals surface area contributed by atoms with Gasteiger partial charge in [0.1, 0.15) is 0 Å². The molecule has 0 aliphatic rings. The topological polar surface area (TPSA) is 17.1 Å². The molecule has 0 spiro atoms. The van der Waals surface area contributed by atoms with Crippen molar-refractivity contribution in [3.63, 3.8) is 0 Å². The Labute approximate surface area is 108 Å². The molecule has 15 heavy (non-hydrogen) atoms. The van der Waals surface area contributed by atoms with Crippen LogP contribution in [0.15, 0.2) is 18.2 Å². The summed E-state index contributed by atoms with van der Waals surface area (Å²) in [6.07, 6.45) is 1.07. The Morgan fingerprint density at radius 3 is 2.87 bits per heavy atom. The second kappa shape index (κ2) is 6.14. The van der Waals surface area contributed by atoms with Crippen molar-refractivity contribution in [1.29, 1.82) is 0 Å². The van der Waals surface area contributed by atoms with Crippen molar-refractivity contribution in [2.45, 2.75) is 19.8 Å². The number of carbonyl (C=O) groups is 1. The molecule has 0 aliphatic carbocycles. The minimum Gasteiger partial charge on any atom is -0.294 e. The highest BCUT2D eigenvalue weighted by atomic mass is 127. The zero-order valence-electron chi connectivity index (χ0n) is 8.31. The molecule has 0 atom stereocenters. The lowest BCUT2D eigenvalue weighted by Crippen LogP contribution is -1.98. The average Bonchev–Trinajstić information content (AvgIpc) is 2.22. The van der Waals surface area contributed by atoms with E-state index in [1.54, 1.807) is 19.1 Å². The lowest BCUT2D eigenvalue weighted by atomic mass is 10.1. The van der Waals surface area contributed by atoms with E-state index in [0.717, 1.165) is 3.57 Å². The van der Waals surface area contributed by atoms with E-state index >= 15 is 0 Å². The lowest BCUT2D eigenvalue weighted by Gasteiger charge is -2.00. The van der Waals surface area contributed by atoms with E-state index in [4.69, 9.17) is 11.6 Å². The lowest BCUT2D eigenvalue weighted by molar-refractivity contribution is 0.0984. The molecular weight excluding hydrogens is 322 g/mol. The highest BCUT2D eigenvalue weighted by molar-refractivity contribution is 14.1. The molecule has 0 bridgehead atoms. The third kappa shape index (κ3) is 3.84. The molecule has 0 radical (unpaired) electrons. The third-order valence-electron chi connectivity index (χ3n) is 1.90. The summed E-state index contributed by atoms with van der Waals surface area (Å²) in [6.45, 7) is 1.77. The predicted octanol–water partition coefficient (Wildman–Crippen LogP) is 3.93. The van der Waals surface area contributed by atoms with Crippen molar-refractivity contribution in [2.24, 2.45) is 0 Å². The summed E-state index contributed by atoms with van der Waals surface area (Å²) in [4.78, 5) is 11.7.